The largest absolute Gasteiger partial charge is 0.506 e. The topological polar surface area (TPSA) is 40.5 Å². The average molecular weight is 275 g/mol. The van der Waals surface area contributed by atoms with Crippen molar-refractivity contribution in [3.8, 4) is 5.75 Å². The minimum Gasteiger partial charge on any atom is -0.506 e. The van der Waals surface area contributed by atoms with Crippen molar-refractivity contribution in [3.63, 3.8) is 0 Å². The van der Waals surface area contributed by atoms with Gasteiger partial charge in [0.25, 0.3) is 0 Å². The van der Waals surface area contributed by atoms with Crippen LogP contribution in [0.2, 0.25) is 10.0 Å². The molecule has 0 aliphatic heterocycles. The molecule has 0 spiro atoms. The summed E-state index contributed by atoms with van der Waals surface area (Å²) in [6.07, 6.45) is -0.814. The summed E-state index contributed by atoms with van der Waals surface area (Å²) >= 11 is 13.2. The fourth-order valence-electron chi connectivity index (χ4n) is 1.37. The Hall–Kier alpha value is -0.740. The highest BCUT2D eigenvalue weighted by atomic mass is 35.5. The molecule has 0 aliphatic rings. The SMILES string of the molecule is Oc1ccc(C(O)c2cccs2)c(Cl)c1Cl. The van der Waals surface area contributed by atoms with Crippen LogP contribution in [-0.2, 0) is 0 Å². The molecule has 5 heteroatoms. The number of rotatable bonds is 2. The van der Waals surface area contributed by atoms with Gasteiger partial charge in [0.1, 0.15) is 16.9 Å². The van der Waals surface area contributed by atoms with E-state index in [1.807, 2.05) is 17.5 Å². The molecule has 1 unspecified atom stereocenters. The quantitative estimate of drug-likeness (QED) is 0.874. The highest BCUT2D eigenvalue weighted by Gasteiger charge is 2.18. The second-order valence-corrected chi connectivity index (χ2v) is 4.96. The lowest BCUT2D eigenvalue weighted by Gasteiger charge is -2.12. The molecule has 0 aliphatic carbocycles. The molecule has 0 saturated carbocycles. The van der Waals surface area contributed by atoms with Crippen LogP contribution in [0.4, 0.5) is 0 Å². The van der Waals surface area contributed by atoms with Gasteiger partial charge in [-0.1, -0.05) is 35.3 Å². The number of phenolic OH excluding ortho intramolecular Hbond substituents is 1. The maximum absolute atomic E-state index is 10.1. The second-order valence-electron chi connectivity index (χ2n) is 3.22. The monoisotopic (exact) mass is 274 g/mol. The van der Waals surface area contributed by atoms with Gasteiger partial charge in [-0.15, -0.1) is 11.3 Å². The number of thiophene rings is 1. The standard InChI is InChI=1S/C11H8Cl2O2S/c12-9-6(3-4-7(14)10(9)13)11(15)8-2-1-5-16-8/h1-5,11,14-15H. The number of aromatic hydroxyl groups is 1. The van der Waals surface area contributed by atoms with Crippen molar-refractivity contribution in [2.45, 2.75) is 6.10 Å². The Morgan fingerprint density at radius 2 is 1.88 bits per heavy atom. The molecule has 2 rings (SSSR count). The first kappa shape index (κ1) is 11.7. The Bertz CT molecular complexity index is 497. The number of aliphatic hydroxyl groups excluding tert-OH is 1. The highest BCUT2D eigenvalue weighted by Crippen LogP contribution is 2.38. The fraction of sp³-hybridized carbons (Fsp3) is 0.0909. The summed E-state index contributed by atoms with van der Waals surface area (Å²) in [6.45, 7) is 0. The van der Waals surface area contributed by atoms with Gasteiger partial charge in [-0.2, -0.15) is 0 Å². The normalized spacial score (nSPS) is 12.7. The molecule has 2 nitrogen and oxygen atoms in total. The van der Waals surface area contributed by atoms with Crippen molar-refractivity contribution in [2.75, 3.05) is 0 Å². The minimum atomic E-state index is -0.814. The van der Waals surface area contributed by atoms with Crippen LogP contribution in [0.3, 0.4) is 0 Å². The zero-order valence-corrected chi connectivity index (χ0v) is 10.4. The summed E-state index contributed by atoms with van der Waals surface area (Å²) in [7, 11) is 0. The van der Waals surface area contributed by atoms with E-state index in [1.54, 1.807) is 6.07 Å². The lowest BCUT2D eigenvalue weighted by Crippen LogP contribution is -1.98. The molecule has 0 bridgehead atoms. The molecule has 1 aromatic heterocycles. The average Bonchev–Trinajstić information content (AvgIpc) is 2.79. The zero-order valence-electron chi connectivity index (χ0n) is 8.02. The second kappa shape index (κ2) is 4.63. The molecular formula is C11H8Cl2O2S. The van der Waals surface area contributed by atoms with Gasteiger partial charge in [-0.05, 0) is 17.5 Å². The van der Waals surface area contributed by atoms with Crippen molar-refractivity contribution >= 4 is 34.5 Å². The van der Waals surface area contributed by atoms with Crippen LogP contribution in [-0.4, -0.2) is 10.2 Å². The lowest BCUT2D eigenvalue weighted by molar-refractivity contribution is 0.224. The maximum Gasteiger partial charge on any atom is 0.135 e. The molecule has 0 amide bonds. The third-order valence-electron chi connectivity index (χ3n) is 2.20. The molecule has 2 aromatic rings. The van der Waals surface area contributed by atoms with Crippen molar-refractivity contribution in [3.05, 3.63) is 50.1 Å². The van der Waals surface area contributed by atoms with Gasteiger partial charge in [-0.3, -0.25) is 0 Å². The number of halogens is 2. The minimum absolute atomic E-state index is 0.0646. The Morgan fingerprint density at radius 3 is 2.50 bits per heavy atom. The number of aliphatic hydroxyl groups is 1. The predicted octanol–water partition coefficient (Wildman–Crippen LogP) is 3.84. The molecule has 1 aromatic carbocycles. The van der Waals surface area contributed by atoms with E-state index in [9.17, 15) is 10.2 Å². The highest BCUT2D eigenvalue weighted by molar-refractivity contribution is 7.10. The molecule has 0 radical (unpaired) electrons. The van der Waals surface area contributed by atoms with Crippen molar-refractivity contribution in [1.29, 1.82) is 0 Å². The Morgan fingerprint density at radius 1 is 1.12 bits per heavy atom. The number of hydrogen-bond acceptors (Lipinski definition) is 3. The van der Waals surface area contributed by atoms with E-state index in [1.165, 1.54) is 17.4 Å². The third kappa shape index (κ3) is 2.04. The molecular weight excluding hydrogens is 267 g/mol. The molecule has 0 saturated heterocycles. The first-order chi connectivity index (χ1) is 7.61. The number of benzene rings is 1. The Balaban J connectivity index is 2.45. The molecule has 0 fully saturated rings. The van der Waals surface area contributed by atoms with Gasteiger partial charge in [0.15, 0.2) is 0 Å². The number of phenols is 1. The molecule has 16 heavy (non-hydrogen) atoms. The van der Waals surface area contributed by atoms with Gasteiger partial charge in [-0.25, -0.2) is 0 Å². The van der Waals surface area contributed by atoms with Crippen LogP contribution < -0.4 is 0 Å². The van der Waals surface area contributed by atoms with Crippen LogP contribution >= 0.6 is 34.5 Å². The van der Waals surface area contributed by atoms with E-state index < -0.39 is 6.10 Å². The van der Waals surface area contributed by atoms with Crippen LogP contribution in [0, 0.1) is 0 Å². The van der Waals surface area contributed by atoms with Crippen molar-refractivity contribution < 1.29 is 10.2 Å². The summed E-state index contributed by atoms with van der Waals surface area (Å²) in [5, 5.41) is 21.5. The zero-order chi connectivity index (χ0) is 11.7. The summed E-state index contributed by atoms with van der Waals surface area (Å²) < 4.78 is 0. The van der Waals surface area contributed by atoms with Crippen LogP contribution in [0.5, 0.6) is 5.75 Å². The smallest absolute Gasteiger partial charge is 0.135 e. The lowest BCUT2D eigenvalue weighted by atomic mass is 10.1. The summed E-state index contributed by atoms with van der Waals surface area (Å²) in [5.74, 6) is -0.0891. The van der Waals surface area contributed by atoms with Crippen molar-refractivity contribution in [2.24, 2.45) is 0 Å². The fourth-order valence-corrected chi connectivity index (χ4v) is 2.53. The maximum atomic E-state index is 10.1. The van der Waals surface area contributed by atoms with Gasteiger partial charge in [0.2, 0.25) is 0 Å². The van der Waals surface area contributed by atoms with Gasteiger partial charge < -0.3 is 10.2 Å². The van der Waals surface area contributed by atoms with Crippen LogP contribution in [0.25, 0.3) is 0 Å². The first-order valence-corrected chi connectivity index (χ1v) is 6.13. The Kier molecular flexibility index (Phi) is 3.40. The van der Waals surface area contributed by atoms with Gasteiger partial charge >= 0.3 is 0 Å². The molecule has 1 atom stereocenters. The van der Waals surface area contributed by atoms with E-state index in [2.05, 4.69) is 0 Å². The molecule has 1 heterocycles. The third-order valence-corrected chi connectivity index (χ3v) is 4.01. The molecule has 2 N–H and O–H groups in total. The van der Waals surface area contributed by atoms with E-state index in [4.69, 9.17) is 23.2 Å². The van der Waals surface area contributed by atoms with Gasteiger partial charge in [0, 0.05) is 10.4 Å². The molecule has 84 valence electrons. The van der Waals surface area contributed by atoms with E-state index >= 15 is 0 Å². The van der Waals surface area contributed by atoms with E-state index in [-0.39, 0.29) is 15.8 Å². The van der Waals surface area contributed by atoms with Crippen LogP contribution in [0.15, 0.2) is 29.6 Å². The first-order valence-electron chi connectivity index (χ1n) is 4.49. The van der Waals surface area contributed by atoms with E-state index in [0.29, 0.717) is 5.56 Å². The van der Waals surface area contributed by atoms with Gasteiger partial charge in [0.05, 0.1) is 5.02 Å². The van der Waals surface area contributed by atoms with E-state index in [0.717, 1.165) is 4.88 Å². The Labute approximate surface area is 107 Å². The summed E-state index contributed by atoms with van der Waals surface area (Å²) in [6, 6.07) is 6.64. The van der Waals surface area contributed by atoms with Crippen molar-refractivity contribution in [1.82, 2.24) is 0 Å². The number of hydrogen-bond donors (Lipinski definition) is 2. The predicted molar refractivity (Wildman–Crippen MR) is 66.5 cm³/mol. The summed E-state index contributed by atoms with van der Waals surface area (Å²) in [5.41, 5.74) is 0.493. The van der Waals surface area contributed by atoms with Crippen LogP contribution in [0.1, 0.15) is 16.5 Å². The summed E-state index contributed by atoms with van der Waals surface area (Å²) in [4.78, 5) is 0.781.